The lowest BCUT2D eigenvalue weighted by Crippen LogP contribution is -2.69. The van der Waals surface area contributed by atoms with Gasteiger partial charge in [0, 0.05) is 23.0 Å². The van der Waals surface area contributed by atoms with E-state index in [1.54, 1.807) is 4.80 Å². The zero-order chi connectivity index (χ0) is 37.4. The van der Waals surface area contributed by atoms with Crippen LogP contribution in [0.25, 0.3) is 0 Å². The minimum absolute atomic E-state index is 0.147. The van der Waals surface area contributed by atoms with E-state index in [1.807, 2.05) is 0 Å². The molecule has 0 radical (unpaired) electrons. The summed E-state index contributed by atoms with van der Waals surface area (Å²) in [6.45, 7) is 25.3. The molecular weight excluding hydrogens is 644 g/mol. The van der Waals surface area contributed by atoms with E-state index in [4.69, 9.17) is 15.2 Å². The van der Waals surface area contributed by atoms with Crippen LogP contribution in [0.15, 0.2) is 11.6 Å². The number of hydrogen-bond donors (Lipinski definition) is 4. The maximum Gasteiger partial charge on any atom is 0.307 e. The number of rotatable bonds is 12. The van der Waals surface area contributed by atoms with Gasteiger partial charge in [-0.15, -0.1) is 5.10 Å². The normalized spacial score (nSPS) is 42.4. The molecule has 4 aliphatic carbocycles. The van der Waals surface area contributed by atoms with Crippen LogP contribution in [0.2, 0.25) is 0 Å². The zero-order valence-corrected chi connectivity index (χ0v) is 33.2. The van der Waals surface area contributed by atoms with Gasteiger partial charge in [0.15, 0.2) is 0 Å². The van der Waals surface area contributed by atoms with E-state index in [-0.39, 0.29) is 63.2 Å². The molecule has 1 aromatic heterocycles. The Morgan fingerprint density at radius 1 is 1.14 bits per heavy atom. The Morgan fingerprint density at radius 2 is 1.86 bits per heavy atom. The highest BCUT2D eigenvalue weighted by atomic mass is 16.5. The highest BCUT2D eigenvalue weighted by molar-refractivity contribution is 5.73. The summed E-state index contributed by atoms with van der Waals surface area (Å²) in [7, 11) is 0. The van der Waals surface area contributed by atoms with Crippen LogP contribution in [0, 0.1) is 62.6 Å². The number of fused-ring (bicyclic) bond motifs is 3. The number of hydrogen-bond acceptors (Lipinski definition) is 9. The Labute approximate surface area is 306 Å². The minimum atomic E-state index is -0.637. The third-order valence-corrected chi connectivity index (χ3v) is 16.5. The van der Waals surface area contributed by atoms with Crippen molar-refractivity contribution < 1.29 is 24.5 Å². The van der Waals surface area contributed by atoms with E-state index in [0.29, 0.717) is 56.5 Å². The van der Waals surface area contributed by atoms with Crippen molar-refractivity contribution in [3.63, 3.8) is 0 Å². The van der Waals surface area contributed by atoms with Gasteiger partial charge in [0.2, 0.25) is 0 Å². The van der Waals surface area contributed by atoms with E-state index in [2.05, 4.69) is 96.0 Å². The first kappa shape index (κ1) is 38.6. The minimum Gasteiger partial charge on any atom is -0.481 e. The SMILES string of the molecule is CC(C)[C@@H](C)[C@@]1(C)CC[C@]2(C)[C@H]3CC[C@@H]4[C@@]5(COC[C@@]4(C)[C@@H](OC[C@](C)(NCCCO)C(C)C)[C@H](n4nnc(N)n4)C5)C3=CC[C@@]2(C)[C@@H]1C(=O)O. The third kappa shape index (κ3) is 5.72. The van der Waals surface area contributed by atoms with Crippen molar-refractivity contribution in [3.05, 3.63) is 11.6 Å². The largest absolute Gasteiger partial charge is 0.481 e. The Bertz CT molecular complexity index is 1480. The van der Waals surface area contributed by atoms with Gasteiger partial charge in [-0.1, -0.05) is 79.1 Å². The average Bonchev–Trinajstić information content (AvgIpc) is 3.49. The number of nitrogens with one attached hydrogen (secondary N) is 1. The van der Waals surface area contributed by atoms with Crippen molar-refractivity contribution in [2.45, 2.75) is 132 Å². The molecule has 1 saturated heterocycles. The van der Waals surface area contributed by atoms with Crippen LogP contribution in [0.5, 0.6) is 0 Å². The topological polar surface area (TPSA) is 158 Å². The molecule has 11 nitrogen and oxygen atoms in total. The van der Waals surface area contributed by atoms with Crippen molar-refractivity contribution in [3.8, 4) is 0 Å². The maximum atomic E-state index is 13.5. The molecule has 0 amide bonds. The van der Waals surface area contributed by atoms with Gasteiger partial charge in [-0.3, -0.25) is 4.79 Å². The summed E-state index contributed by atoms with van der Waals surface area (Å²) in [5, 5.41) is 37.4. The summed E-state index contributed by atoms with van der Waals surface area (Å²) in [6.07, 6.45) is 8.46. The third-order valence-electron chi connectivity index (χ3n) is 16.5. The maximum absolute atomic E-state index is 13.5. The van der Waals surface area contributed by atoms with Gasteiger partial charge in [-0.05, 0) is 109 Å². The first-order valence-corrected chi connectivity index (χ1v) is 19.9. The molecule has 0 spiro atoms. The molecular formula is C40H68N6O5. The Balaban J connectivity index is 1.41. The van der Waals surface area contributed by atoms with Crippen molar-refractivity contribution >= 4 is 11.9 Å². The van der Waals surface area contributed by atoms with E-state index in [0.717, 1.165) is 38.5 Å². The molecule has 6 rings (SSSR count). The summed E-state index contributed by atoms with van der Waals surface area (Å²) < 4.78 is 13.9. The van der Waals surface area contributed by atoms with Gasteiger partial charge in [-0.2, -0.15) is 4.80 Å². The molecule has 2 bridgehead atoms. The molecule has 288 valence electrons. The summed E-state index contributed by atoms with van der Waals surface area (Å²) in [4.78, 5) is 15.2. The Kier molecular flexibility index (Phi) is 10.1. The number of anilines is 1. The fourth-order valence-corrected chi connectivity index (χ4v) is 12.6. The lowest BCUT2D eigenvalue weighted by Gasteiger charge is -2.71. The first-order chi connectivity index (χ1) is 23.8. The number of ether oxygens (including phenoxy) is 2. The number of nitrogen functional groups attached to an aromatic ring is 1. The van der Waals surface area contributed by atoms with Crippen molar-refractivity contribution in [2.24, 2.45) is 62.6 Å². The monoisotopic (exact) mass is 713 g/mol. The van der Waals surface area contributed by atoms with Gasteiger partial charge in [0.1, 0.15) is 6.04 Å². The van der Waals surface area contributed by atoms with Crippen molar-refractivity contribution in [1.29, 1.82) is 0 Å². The van der Waals surface area contributed by atoms with Gasteiger partial charge in [-0.25, -0.2) is 0 Å². The van der Waals surface area contributed by atoms with Crippen LogP contribution >= 0.6 is 0 Å². The summed E-state index contributed by atoms with van der Waals surface area (Å²) in [5.41, 5.74) is 5.88. The molecule has 0 unspecified atom stereocenters. The van der Waals surface area contributed by atoms with Crippen molar-refractivity contribution in [1.82, 2.24) is 25.5 Å². The van der Waals surface area contributed by atoms with Crippen LogP contribution in [0.4, 0.5) is 5.95 Å². The fraction of sp³-hybridized carbons (Fsp3) is 0.900. The van der Waals surface area contributed by atoms with Crippen LogP contribution in [-0.4, -0.2) is 81.0 Å². The zero-order valence-electron chi connectivity index (χ0n) is 33.2. The summed E-state index contributed by atoms with van der Waals surface area (Å²) in [5.74, 6) is 0.689. The number of aliphatic carboxylic acids is 1. The highest BCUT2D eigenvalue weighted by Gasteiger charge is 2.72. The molecule has 51 heavy (non-hydrogen) atoms. The van der Waals surface area contributed by atoms with Gasteiger partial charge < -0.3 is 30.7 Å². The average molecular weight is 713 g/mol. The number of carboxylic acid groups (broad SMARTS) is 1. The molecule has 4 fully saturated rings. The van der Waals surface area contributed by atoms with Crippen LogP contribution in [0.1, 0.15) is 120 Å². The predicted octanol–water partition coefficient (Wildman–Crippen LogP) is 6.16. The lowest BCUT2D eigenvalue weighted by atomic mass is 9.34. The number of carbonyl (C=O) groups is 1. The summed E-state index contributed by atoms with van der Waals surface area (Å²) in [6, 6.07) is -0.206. The number of aliphatic hydroxyl groups excluding tert-OH is 1. The first-order valence-electron chi connectivity index (χ1n) is 19.9. The molecule has 11 heteroatoms. The molecule has 1 aromatic rings. The smallest absolute Gasteiger partial charge is 0.307 e. The summed E-state index contributed by atoms with van der Waals surface area (Å²) >= 11 is 0. The van der Waals surface area contributed by atoms with Gasteiger partial charge in [0.05, 0.1) is 31.8 Å². The predicted molar refractivity (Wildman–Crippen MR) is 198 cm³/mol. The molecule has 0 aromatic carbocycles. The van der Waals surface area contributed by atoms with Crippen LogP contribution in [-0.2, 0) is 14.3 Å². The van der Waals surface area contributed by atoms with E-state index in [1.165, 1.54) is 5.57 Å². The molecule has 12 atom stereocenters. The second-order valence-electron chi connectivity index (χ2n) is 19.4. The molecule has 1 aliphatic heterocycles. The van der Waals surface area contributed by atoms with Gasteiger partial charge >= 0.3 is 5.97 Å². The van der Waals surface area contributed by atoms with E-state index >= 15 is 0 Å². The van der Waals surface area contributed by atoms with Crippen LogP contribution in [0.3, 0.4) is 0 Å². The lowest BCUT2D eigenvalue weighted by molar-refractivity contribution is -0.254. The number of nitrogens with zero attached hydrogens (tertiary/aromatic N) is 4. The molecule has 2 heterocycles. The number of tetrazole rings is 1. The highest BCUT2D eigenvalue weighted by Crippen LogP contribution is 2.75. The number of aliphatic hydroxyl groups is 1. The van der Waals surface area contributed by atoms with E-state index < -0.39 is 11.9 Å². The van der Waals surface area contributed by atoms with Crippen molar-refractivity contribution in [2.75, 3.05) is 38.7 Å². The molecule has 5 N–H and O–H groups in total. The number of nitrogens with two attached hydrogens (primary N) is 1. The molecule has 5 aliphatic rings. The second-order valence-corrected chi connectivity index (χ2v) is 19.4. The van der Waals surface area contributed by atoms with E-state index in [9.17, 15) is 15.0 Å². The Hall–Kier alpha value is -2.08. The number of aromatic nitrogens is 4. The second kappa shape index (κ2) is 13.3. The number of carboxylic acids is 1. The number of allylic oxidation sites excluding steroid dienone is 1. The van der Waals surface area contributed by atoms with Crippen LogP contribution < -0.4 is 11.1 Å². The molecule has 3 saturated carbocycles. The fourth-order valence-electron chi connectivity index (χ4n) is 12.6. The Morgan fingerprint density at radius 3 is 2.47 bits per heavy atom. The quantitative estimate of drug-likeness (QED) is 0.146. The van der Waals surface area contributed by atoms with Gasteiger partial charge in [0.25, 0.3) is 5.95 Å². The standard InChI is InChI=1S/C40H68N6O5/c1-24(2)26(5)35(6)16-17-37(8)27-12-13-30-36(7)21-50-23-40(30,28(27)14-15-38(37,9)31(35)33(48)49)20-29(46-44-34(41)43-45-46)32(36)51-22-39(10,25(3)4)42-18-11-19-47/h14,24-27,29-32,42,47H,11-13,15-23H2,1-10H3,(H2,41,44)(H,48,49)/t26-,27+,29-,30+,31-,32+,35-,36-,37-,38+,39+,40+/m1/s1.